The Hall–Kier alpha value is -1.42. The zero-order chi connectivity index (χ0) is 13.9. The third kappa shape index (κ3) is 3.77. The van der Waals surface area contributed by atoms with Crippen LogP contribution in [0, 0.1) is 0 Å². The Bertz CT molecular complexity index is 451. The van der Waals surface area contributed by atoms with E-state index in [1.165, 1.54) is 0 Å². The summed E-state index contributed by atoms with van der Waals surface area (Å²) >= 11 is 0. The number of pyridine rings is 1. The minimum atomic E-state index is -0.313. The predicted octanol–water partition coefficient (Wildman–Crippen LogP) is 2.71. The number of Topliss-reactive ketones (excluding diaryl/α,β-unsaturated/α-hetero) is 1. The van der Waals surface area contributed by atoms with Gasteiger partial charge in [0.1, 0.15) is 5.75 Å². The second-order valence-corrected chi connectivity index (χ2v) is 5.75. The van der Waals surface area contributed by atoms with Gasteiger partial charge in [-0.15, -0.1) is 0 Å². The Balaban J connectivity index is 2.06. The van der Waals surface area contributed by atoms with Gasteiger partial charge in [0.05, 0.1) is 12.3 Å². The molecule has 4 heteroatoms. The van der Waals surface area contributed by atoms with E-state index in [1.54, 1.807) is 18.5 Å². The van der Waals surface area contributed by atoms with Crippen LogP contribution in [0.5, 0.6) is 5.75 Å². The standard InChI is InChI=1S/C15H22N2O2/c1-11(2)19-13-7-12(9-17-10-13)14(18)8-15(16)5-3-4-6-15/h7,9-11H,3-6,8,16H2,1-2H3. The van der Waals surface area contributed by atoms with Crippen molar-refractivity contribution in [2.45, 2.75) is 57.6 Å². The molecule has 1 aliphatic carbocycles. The summed E-state index contributed by atoms with van der Waals surface area (Å²) in [5.41, 5.74) is 6.52. The minimum absolute atomic E-state index is 0.0612. The van der Waals surface area contributed by atoms with Crippen molar-refractivity contribution in [2.75, 3.05) is 0 Å². The van der Waals surface area contributed by atoms with Crippen molar-refractivity contribution < 1.29 is 9.53 Å². The van der Waals surface area contributed by atoms with E-state index in [4.69, 9.17) is 10.5 Å². The lowest BCUT2D eigenvalue weighted by atomic mass is 9.90. The molecule has 1 saturated carbocycles. The number of aromatic nitrogens is 1. The lowest BCUT2D eigenvalue weighted by Gasteiger charge is -2.22. The lowest BCUT2D eigenvalue weighted by molar-refractivity contribution is 0.0951. The van der Waals surface area contributed by atoms with Crippen LogP contribution >= 0.6 is 0 Å². The molecule has 0 bridgehead atoms. The van der Waals surface area contributed by atoms with Crippen LogP contribution in [0.1, 0.15) is 56.3 Å². The number of nitrogens with two attached hydrogens (primary N) is 1. The van der Waals surface area contributed by atoms with E-state index >= 15 is 0 Å². The van der Waals surface area contributed by atoms with Gasteiger partial charge in [0.15, 0.2) is 5.78 Å². The van der Waals surface area contributed by atoms with Crippen LogP contribution in [0.15, 0.2) is 18.5 Å². The summed E-state index contributed by atoms with van der Waals surface area (Å²) in [6.45, 7) is 3.89. The summed E-state index contributed by atoms with van der Waals surface area (Å²) in [7, 11) is 0. The minimum Gasteiger partial charge on any atom is -0.489 e. The zero-order valence-corrected chi connectivity index (χ0v) is 11.7. The van der Waals surface area contributed by atoms with E-state index in [-0.39, 0.29) is 17.4 Å². The van der Waals surface area contributed by atoms with Gasteiger partial charge in [0, 0.05) is 23.7 Å². The highest BCUT2D eigenvalue weighted by Gasteiger charge is 2.32. The van der Waals surface area contributed by atoms with E-state index in [0.717, 1.165) is 25.7 Å². The monoisotopic (exact) mass is 262 g/mol. The second-order valence-electron chi connectivity index (χ2n) is 5.75. The molecule has 2 rings (SSSR count). The smallest absolute Gasteiger partial charge is 0.166 e. The Morgan fingerprint density at radius 2 is 2.11 bits per heavy atom. The van der Waals surface area contributed by atoms with Crippen molar-refractivity contribution in [3.05, 3.63) is 24.0 Å². The Morgan fingerprint density at radius 3 is 2.74 bits per heavy atom. The average molecular weight is 262 g/mol. The average Bonchev–Trinajstić information content (AvgIpc) is 2.75. The Morgan fingerprint density at radius 1 is 1.42 bits per heavy atom. The third-order valence-electron chi connectivity index (χ3n) is 3.52. The number of nitrogens with zero attached hydrogens (tertiary/aromatic N) is 1. The van der Waals surface area contributed by atoms with Crippen LogP contribution < -0.4 is 10.5 Å². The zero-order valence-electron chi connectivity index (χ0n) is 11.7. The molecule has 0 unspecified atom stereocenters. The van der Waals surface area contributed by atoms with Gasteiger partial charge in [0.2, 0.25) is 0 Å². The third-order valence-corrected chi connectivity index (χ3v) is 3.52. The van der Waals surface area contributed by atoms with Gasteiger partial charge in [-0.25, -0.2) is 0 Å². The number of ether oxygens (including phenoxy) is 1. The number of carbonyl (C=O) groups is 1. The van der Waals surface area contributed by atoms with Gasteiger partial charge in [-0.1, -0.05) is 12.8 Å². The Kier molecular flexibility index (Phi) is 4.20. The number of hydrogen-bond donors (Lipinski definition) is 1. The molecule has 1 aromatic heterocycles. The fourth-order valence-electron chi connectivity index (χ4n) is 2.59. The molecule has 1 aliphatic rings. The Labute approximate surface area is 114 Å². The van der Waals surface area contributed by atoms with Gasteiger partial charge in [-0.3, -0.25) is 9.78 Å². The maximum absolute atomic E-state index is 12.3. The van der Waals surface area contributed by atoms with Gasteiger partial charge in [-0.2, -0.15) is 0 Å². The van der Waals surface area contributed by atoms with Crippen LogP contribution in [0.25, 0.3) is 0 Å². The highest BCUT2D eigenvalue weighted by molar-refractivity contribution is 5.96. The van der Waals surface area contributed by atoms with Crippen LogP contribution in [-0.4, -0.2) is 22.4 Å². The van der Waals surface area contributed by atoms with Crippen molar-refractivity contribution in [2.24, 2.45) is 5.73 Å². The first kappa shape index (κ1) is 14.0. The molecular weight excluding hydrogens is 240 g/mol. The van der Waals surface area contributed by atoms with Gasteiger partial charge in [-0.05, 0) is 32.8 Å². The topological polar surface area (TPSA) is 65.2 Å². The largest absolute Gasteiger partial charge is 0.489 e. The molecule has 0 atom stereocenters. The molecule has 0 saturated heterocycles. The number of rotatable bonds is 5. The van der Waals surface area contributed by atoms with Gasteiger partial charge < -0.3 is 10.5 Å². The highest BCUT2D eigenvalue weighted by Crippen LogP contribution is 2.31. The van der Waals surface area contributed by atoms with Crippen molar-refractivity contribution in [3.8, 4) is 5.75 Å². The normalized spacial score (nSPS) is 17.7. The first-order chi connectivity index (χ1) is 8.98. The molecule has 1 fully saturated rings. The second kappa shape index (κ2) is 5.70. The van der Waals surface area contributed by atoms with Crippen molar-refractivity contribution in [1.82, 2.24) is 4.98 Å². The van der Waals surface area contributed by atoms with Crippen molar-refractivity contribution >= 4 is 5.78 Å². The van der Waals surface area contributed by atoms with Crippen LogP contribution in [0.3, 0.4) is 0 Å². The SMILES string of the molecule is CC(C)Oc1cncc(C(=O)CC2(N)CCCC2)c1. The quantitative estimate of drug-likeness (QED) is 0.829. The van der Waals surface area contributed by atoms with E-state index in [2.05, 4.69) is 4.98 Å². The molecule has 4 nitrogen and oxygen atoms in total. The molecule has 0 spiro atoms. The van der Waals surface area contributed by atoms with Crippen molar-refractivity contribution in [1.29, 1.82) is 0 Å². The predicted molar refractivity (Wildman–Crippen MR) is 74.3 cm³/mol. The summed E-state index contributed by atoms with van der Waals surface area (Å²) in [5.74, 6) is 0.699. The van der Waals surface area contributed by atoms with Crippen molar-refractivity contribution in [3.63, 3.8) is 0 Å². The molecule has 0 amide bonds. The first-order valence-electron chi connectivity index (χ1n) is 6.92. The lowest BCUT2D eigenvalue weighted by Crippen LogP contribution is -2.38. The number of carbonyl (C=O) groups excluding carboxylic acids is 1. The molecule has 1 heterocycles. The molecule has 0 aromatic carbocycles. The molecule has 0 aliphatic heterocycles. The number of ketones is 1. The van der Waals surface area contributed by atoms with Gasteiger partial charge >= 0.3 is 0 Å². The fraction of sp³-hybridized carbons (Fsp3) is 0.600. The fourth-order valence-corrected chi connectivity index (χ4v) is 2.59. The summed E-state index contributed by atoms with van der Waals surface area (Å²) in [6.07, 6.45) is 7.82. The summed E-state index contributed by atoms with van der Waals surface area (Å²) in [6, 6.07) is 1.76. The maximum Gasteiger partial charge on any atom is 0.166 e. The molecular formula is C15H22N2O2. The van der Waals surface area contributed by atoms with Crippen LogP contribution in [-0.2, 0) is 0 Å². The number of hydrogen-bond acceptors (Lipinski definition) is 4. The summed E-state index contributed by atoms with van der Waals surface area (Å²) in [4.78, 5) is 16.3. The maximum atomic E-state index is 12.3. The van der Waals surface area contributed by atoms with E-state index in [9.17, 15) is 4.79 Å². The van der Waals surface area contributed by atoms with E-state index < -0.39 is 0 Å². The van der Waals surface area contributed by atoms with E-state index in [0.29, 0.717) is 17.7 Å². The van der Waals surface area contributed by atoms with Crippen LogP contribution in [0.4, 0.5) is 0 Å². The first-order valence-corrected chi connectivity index (χ1v) is 6.92. The van der Waals surface area contributed by atoms with Gasteiger partial charge in [0.25, 0.3) is 0 Å². The van der Waals surface area contributed by atoms with E-state index in [1.807, 2.05) is 13.8 Å². The van der Waals surface area contributed by atoms with Crippen LogP contribution in [0.2, 0.25) is 0 Å². The summed E-state index contributed by atoms with van der Waals surface area (Å²) in [5, 5.41) is 0. The molecule has 19 heavy (non-hydrogen) atoms. The molecule has 1 aromatic rings. The molecule has 104 valence electrons. The molecule has 0 radical (unpaired) electrons. The molecule has 2 N–H and O–H groups in total. The summed E-state index contributed by atoms with van der Waals surface area (Å²) < 4.78 is 5.55. The highest BCUT2D eigenvalue weighted by atomic mass is 16.5.